The molecule has 1 aromatic carbocycles. The van der Waals surface area contributed by atoms with Crippen LogP contribution in [0.15, 0.2) is 23.2 Å². The summed E-state index contributed by atoms with van der Waals surface area (Å²) in [6.07, 6.45) is 0.738. The quantitative estimate of drug-likeness (QED) is 0.861. The number of rotatable bonds is 6. The second-order valence-electron chi connectivity index (χ2n) is 4.57. The van der Waals surface area contributed by atoms with E-state index in [-0.39, 0.29) is 11.2 Å². The molecule has 0 radical (unpaired) electrons. The van der Waals surface area contributed by atoms with E-state index in [1.54, 1.807) is 44.2 Å². The van der Waals surface area contributed by atoms with Crippen LogP contribution in [0.5, 0.6) is 11.5 Å². The molecule has 1 N–H and O–H groups in total. The maximum absolute atomic E-state index is 12.5. The highest BCUT2D eigenvalue weighted by Gasteiger charge is 2.22. The van der Waals surface area contributed by atoms with Crippen molar-refractivity contribution < 1.29 is 14.3 Å². The van der Waals surface area contributed by atoms with Gasteiger partial charge in [-0.3, -0.25) is 9.79 Å². The summed E-state index contributed by atoms with van der Waals surface area (Å²) in [5.41, 5.74) is 0.618. The van der Waals surface area contributed by atoms with Crippen molar-refractivity contribution in [2.45, 2.75) is 18.6 Å². The Bertz CT molecular complexity index is 564. The Labute approximate surface area is 139 Å². The van der Waals surface area contributed by atoms with Gasteiger partial charge in [0.2, 0.25) is 5.91 Å². The molecule has 0 bridgehead atoms. The fourth-order valence-electron chi connectivity index (χ4n) is 1.96. The first kappa shape index (κ1) is 17.0. The molecule has 0 spiro atoms. The molecule has 1 aliphatic heterocycles. The van der Waals surface area contributed by atoms with Crippen LogP contribution < -0.4 is 14.8 Å². The molecule has 2 rings (SSSR count). The molecule has 0 aromatic heterocycles. The van der Waals surface area contributed by atoms with Gasteiger partial charge in [-0.2, -0.15) is 0 Å². The molecule has 22 heavy (non-hydrogen) atoms. The third kappa shape index (κ3) is 4.33. The number of methoxy groups -OCH3 is 2. The topological polar surface area (TPSA) is 59.9 Å². The average molecular weight is 340 g/mol. The SMILES string of the molecule is CCC(SC1=NCCS1)C(=O)Nc1cc(OC)ccc1OC. The molecule has 1 heterocycles. The van der Waals surface area contributed by atoms with Gasteiger partial charge in [-0.25, -0.2) is 0 Å². The molecule has 1 amide bonds. The molecule has 1 unspecified atom stereocenters. The minimum atomic E-state index is -0.166. The second-order valence-corrected chi connectivity index (χ2v) is 7.10. The van der Waals surface area contributed by atoms with Crippen molar-refractivity contribution in [2.24, 2.45) is 4.99 Å². The number of anilines is 1. The lowest BCUT2D eigenvalue weighted by molar-refractivity contribution is -0.115. The van der Waals surface area contributed by atoms with Crippen molar-refractivity contribution in [2.75, 3.05) is 31.8 Å². The van der Waals surface area contributed by atoms with Crippen LogP contribution in [0, 0.1) is 0 Å². The van der Waals surface area contributed by atoms with E-state index >= 15 is 0 Å². The zero-order valence-electron chi connectivity index (χ0n) is 12.9. The number of hydrogen-bond acceptors (Lipinski definition) is 6. The van der Waals surface area contributed by atoms with Crippen LogP contribution in [0.3, 0.4) is 0 Å². The largest absolute Gasteiger partial charge is 0.497 e. The van der Waals surface area contributed by atoms with Crippen LogP contribution in [0.2, 0.25) is 0 Å². The molecule has 5 nitrogen and oxygen atoms in total. The van der Waals surface area contributed by atoms with Crippen molar-refractivity contribution in [1.82, 2.24) is 0 Å². The van der Waals surface area contributed by atoms with Crippen molar-refractivity contribution in [3.8, 4) is 11.5 Å². The molecule has 0 fully saturated rings. The summed E-state index contributed by atoms with van der Waals surface area (Å²) < 4.78 is 11.5. The Morgan fingerprint density at radius 3 is 2.86 bits per heavy atom. The Morgan fingerprint density at radius 1 is 1.45 bits per heavy atom. The minimum Gasteiger partial charge on any atom is -0.497 e. The zero-order chi connectivity index (χ0) is 15.9. The Morgan fingerprint density at radius 2 is 2.27 bits per heavy atom. The summed E-state index contributed by atoms with van der Waals surface area (Å²) in [5, 5.41) is 2.77. The van der Waals surface area contributed by atoms with E-state index in [1.807, 2.05) is 6.92 Å². The van der Waals surface area contributed by atoms with Gasteiger partial charge in [-0.15, -0.1) is 0 Å². The van der Waals surface area contributed by atoms with Crippen molar-refractivity contribution in [3.05, 3.63) is 18.2 Å². The predicted octanol–water partition coefficient (Wildman–Crippen LogP) is 3.26. The Kier molecular flexibility index (Phi) is 6.45. The van der Waals surface area contributed by atoms with Crippen molar-refractivity contribution >= 4 is 39.5 Å². The number of nitrogens with one attached hydrogen (secondary N) is 1. The fraction of sp³-hybridized carbons (Fsp3) is 0.467. The molecule has 0 aliphatic carbocycles. The van der Waals surface area contributed by atoms with Gasteiger partial charge in [0.05, 0.1) is 31.7 Å². The fourth-order valence-corrected chi connectivity index (χ4v) is 4.11. The number of nitrogens with zero attached hydrogens (tertiary/aromatic N) is 1. The van der Waals surface area contributed by atoms with Crippen LogP contribution in [-0.2, 0) is 4.79 Å². The van der Waals surface area contributed by atoms with E-state index in [9.17, 15) is 4.79 Å². The lowest BCUT2D eigenvalue weighted by Crippen LogP contribution is -2.25. The first-order valence-electron chi connectivity index (χ1n) is 7.04. The predicted molar refractivity (Wildman–Crippen MR) is 94.6 cm³/mol. The van der Waals surface area contributed by atoms with Crippen LogP contribution in [0.1, 0.15) is 13.3 Å². The lowest BCUT2D eigenvalue weighted by Gasteiger charge is -2.16. The normalized spacial score (nSPS) is 15.1. The van der Waals surface area contributed by atoms with E-state index in [0.29, 0.717) is 17.2 Å². The maximum Gasteiger partial charge on any atom is 0.238 e. The molecular weight excluding hydrogens is 320 g/mol. The zero-order valence-corrected chi connectivity index (χ0v) is 14.6. The van der Waals surface area contributed by atoms with Gasteiger partial charge in [0, 0.05) is 11.8 Å². The van der Waals surface area contributed by atoms with Crippen LogP contribution in [0.4, 0.5) is 5.69 Å². The number of carbonyl (C=O) groups is 1. The van der Waals surface area contributed by atoms with Crippen LogP contribution in [0.25, 0.3) is 0 Å². The molecule has 1 aromatic rings. The number of carbonyl (C=O) groups excluding carboxylic acids is 1. The molecule has 7 heteroatoms. The molecule has 0 saturated carbocycles. The number of aliphatic imine (C=N–C) groups is 1. The molecule has 1 atom stereocenters. The first-order valence-corrected chi connectivity index (χ1v) is 8.91. The van der Waals surface area contributed by atoms with Gasteiger partial charge in [-0.05, 0) is 18.6 Å². The Hall–Kier alpha value is -1.34. The molecule has 1 aliphatic rings. The average Bonchev–Trinajstić information content (AvgIpc) is 3.05. The number of amides is 1. The summed E-state index contributed by atoms with van der Waals surface area (Å²) in [6.45, 7) is 2.84. The summed E-state index contributed by atoms with van der Waals surface area (Å²) in [7, 11) is 3.17. The standard InChI is InChI=1S/C15H20N2O3S2/c1-4-13(22-15-16-7-8-21-15)14(18)17-11-9-10(19-2)5-6-12(11)20-3/h5-6,9,13H,4,7-8H2,1-3H3,(H,17,18). The number of hydrogen-bond donors (Lipinski definition) is 1. The van der Waals surface area contributed by atoms with Gasteiger partial charge in [-0.1, -0.05) is 30.4 Å². The van der Waals surface area contributed by atoms with E-state index in [0.717, 1.165) is 23.1 Å². The smallest absolute Gasteiger partial charge is 0.238 e. The Balaban J connectivity index is 2.08. The summed E-state index contributed by atoms with van der Waals surface area (Å²) in [6, 6.07) is 5.33. The number of thioether (sulfide) groups is 2. The third-order valence-corrected chi connectivity index (χ3v) is 5.70. The highest BCUT2D eigenvalue weighted by Crippen LogP contribution is 2.31. The summed E-state index contributed by atoms with van der Waals surface area (Å²) in [5.74, 6) is 2.24. The maximum atomic E-state index is 12.5. The van der Waals surface area contributed by atoms with E-state index < -0.39 is 0 Å². The summed E-state index contributed by atoms with van der Waals surface area (Å²) >= 11 is 3.24. The van der Waals surface area contributed by atoms with Gasteiger partial charge in [0.15, 0.2) is 0 Å². The van der Waals surface area contributed by atoms with Crippen LogP contribution in [-0.4, -0.2) is 42.1 Å². The van der Waals surface area contributed by atoms with Crippen molar-refractivity contribution in [3.63, 3.8) is 0 Å². The molecule has 120 valence electrons. The number of ether oxygens (including phenoxy) is 2. The first-order chi connectivity index (χ1) is 10.7. The van der Waals surface area contributed by atoms with Gasteiger partial charge < -0.3 is 14.8 Å². The monoisotopic (exact) mass is 340 g/mol. The highest BCUT2D eigenvalue weighted by molar-refractivity contribution is 8.39. The van der Waals surface area contributed by atoms with Gasteiger partial charge in [0.25, 0.3) is 0 Å². The molecular formula is C15H20N2O3S2. The summed E-state index contributed by atoms with van der Waals surface area (Å²) in [4.78, 5) is 16.9. The minimum absolute atomic E-state index is 0.0470. The molecule has 0 saturated heterocycles. The van der Waals surface area contributed by atoms with E-state index in [1.165, 1.54) is 11.8 Å². The van der Waals surface area contributed by atoms with Crippen LogP contribution >= 0.6 is 23.5 Å². The van der Waals surface area contributed by atoms with Gasteiger partial charge in [0.1, 0.15) is 15.9 Å². The third-order valence-electron chi connectivity index (χ3n) is 3.13. The van der Waals surface area contributed by atoms with Crippen molar-refractivity contribution in [1.29, 1.82) is 0 Å². The van der Waals surface area contributed by atoms with Gasteiger partial charge >= 0.3 is 0 Å². The van der Waals surface area contributed by atoms with E-state index in [2.05, 4.69) is 10.3 Å². The van der Waals surface area contributed by atoms with E-state index in [4.69, 9.17) is 9.47 Å². The number of benzene rings is 1. The lowest BCUT2D eigenvalue weighted by atomic mass is 10.2. The highest BCUT2D eigenvalue weighted by atomic mass is 32.2. The second kappa shape index (κ2) is 8.33.